The van der Waals surface area contributed by atoms with Gasteiger partial charge in [0.15, 0.2) is 0 Å². The van der Waals surface area contributed by atoms with Gasteiger partial charge in [-0.05, 0) is 61.1 Å². The molecule has 2 atom stereocenters. The van der Waals surface area contributed by atoms with Crippen molar-refractivity contribution in [2.24, 2.45) is 11.8 Å². The number of alkyl halides is 3. The highest BCUT2D eigenvalue weighted by Gasteiger charge is 2.58. The van der Waals surface area contributed by atoms with Gasteiger partial charge < -0.3 is 5.32 Å². The van der Waals surface area contributed by atoms with E-state index < -0.39 is 21.8 Å². The van der Waals surface area contributed by atoms with Crippen molar-refractivity contribution in [3.63, 3.8) is 0 Å². The van der Waals surface area contributed by atoms with Crippen LogP contribution in [0.25, 0.3) is 22.2 Å². The fourth-order valence-electron chi connectivity index (χ4n) is 5.75. The van der Waals surface area contributed by atoms with Crippen LogP contribution < -0.4 is 10.9 Å². The van der Waals surface area contributed by atoms with E-state index in [2.05, 4.69) is 15.3 Å². The SMILES string of the molecule is O=c1c(-c2ccccc2Cl)cc2cnc(NC3C4CN(S(=O)(=O)c5ccc(C(F)(F)F)cc5)CC43)nc2n1C1CC1. The summed E-state index contributed by atoms with van der Waals surface area (Å²) in [5.41, 5.74) is 0.616. The molecule has 0 bridgehead atoms. The number of aromatic nitrogens is 3. The quantitative estimate of drug-likeness (QED) is 0.326. The van der Waals surface area contributed by atoms with E-state index in [1.165, 1.54) is 4.31 Å². The molecule has 7 rings (SSSR count). The van der Waals surface area contributed by atoms with Crippen molar-refractivity contribution in [2.45, 2.75) is 36.0 Å². The summed E-state index contributed by atoms with van der Waals surface area (Å²) in [5, 5.41) is 4.50. The van der Waals surface area contributed by atoms with Crippen LogP contribution in [0.5, 0.6) is 0 Å². The predicted octanol–water partition coefficient (Wildman–Crippen LogP) is 5.20. The molecule has 3 aliphatic rings. The number of halogens is 4. The summed E-state index contributed by atoms with van der Waals surface area (Å²) in [7, 11) is -3.91. The lowest BCUT2D eigenvalue weighted by Gasteiger charge is -2.20. The summed E-state index contributed by atoms with van der Waals surface area (Å²) in [5.74, 6) is 0.395. The highest BCUT2D eigenvalue weighted by atomic mass is 35.5. The number of benzene rings is 2. The van der Waals surface area contributed by atoms with Gasteiger partial charge in [0.25, 0.3) is 5.56 Å². The van der Waals surface area contributed by atoms with Gasteiger partial charge in [0.2, 0.25) is 16.0 Å². The van der Waals surface area contributed by atoms with Crippen molar-refractivity contribution in [1.82, 2.24) is 18.8 Å². The van der Waals surface area contributed by atoms with Crippen LogP contribution in [-0.4, -0.2) is 46.4 Å². The van der Waals surface area contributed by atoms with E-state index in [4.69, 9.17) is 11.6 Å². The minimum atomic E-state index is -4.54. The summed E-state index contributed by atoms with van der Waals surface area (Å²) < 4.78 is 67.7. The van der Waals surface area contributed by atoms with E-state index >= 15 is 0 Å². The molecule has 2 aliphatic carbocycles. The van der Waals surface area contributed by atoms with E-state index in [1.54, 1.807) is 22.9 Å². The molecule has 13 heteroatoms. The summed E-state index contributed by atoms with van der Waals surface area (Å²) in [4.78, 5) is 22.5. The third-order valence-corrected chi connectivity index (χ3v) is 10.3. The molecular formula is C28H23ClF3N5O3S. The number of hydrogen-bond acceptors (Lipinski definition) is 6. The van der Waals surface area contributed by atoms with Crippen LogP contribution in [0.15, 0.2) is 70.5 Å². The van der Waals surface area contributed by atoms with Crippen LogP contribution in [0.2, 0.25) is 5.02 Å². The Labute approximate surface area is 237 Å². The molecule has 0 spiro atoms. The van der Waals surface area contributed by atoms with Gasteiger partial charge in [0.05, 0.1) is 10.5 Å². The largest absolute Gasteiger partial charge is 0.416 e. The molecule has 4 aromatic rings. The van der Waals surface area contributed by atoms with E-state index in [-0.39, 0.29) is 47.5 Å². The second kappa shape index (κ2) is 9.27. The van der Waals surface area contributed by atoms with Crippen molar-refractivity contribution in [2.75, 3.05) is 18.4 Å². The van der Waals surface area contributed by atoms with Gasteiger partial charge in [-0.25, -0.2) is 13.4 Å². The van der Waals surface area contributed by atoms with E-state index in [1.807, 2.05) is 18.2 Å². The normalized spacial score (nSPS) is 22.6. The highest BCUT2D eigenvalue weighted by Crippen LogP contribution is 2.48. The van der Waals surface area contributed by atoms with Gasteiger partial charge in [0.1, 0.15) is 5.65 Å². The lowest BCUT2D eigenvalue weighted by atomic mass is 10.1. The Balaban J connectivity index is 1.10. The fourth-order valence-corrected chi connectivity index (χ4v) is 7.50. The van der Waals surface area contributed by atoms with Gasteiger partial charge in [-0.2, -0.15) is 22.5 Å². The average Bonchev–Trinajstić information content (AvgIpc) is 3.84. The Hall–Kier alpha value is -3.48. The van der Waals surface area contributed by atoms with E-state index in [0.717, 1.165) is 37.1 Å². The zero-order chi connectivity index (χ0) is 28.7. The monoisotopic (exact) mass is 601 g/mol. The van der Waals surface area contributed by atoms with Crippen molar-refractivity contribution < 1.29 is 21.6 Å². The summed E-state index contributed by atoms with van der Waals surface area (Å²) in [6.07, 6.45) is -1.11. The Kier molecular flexibility index (Phi) is 5.97. The summed E-state index contributed by atoms with van der Waals surface area (Å²) >= 11 is 6.39. The lowest BCUT2D eigenvalue weighted by Crippen LogP contribution is -2.34. The Morgan fingerprint density at radius 3 is 2.29 bits per heavy atom. The smallest absolute Gasteiger partial charge is 0.351 e. The highest BCUT2D eigenvalue weighted by molar-refractivity contribution is 7.89. The number of sulfonamides is 1. The number of fused-ring (bicyclic) bond motifs is 2. The lowest BCUT2D eigenvalue weighted by molar-refractivity contribution is -0.137. The molecule has 1 N–H and O–H groups in total. The third kappa shape index (κ3) is 4.58. The first kappa shape index (κ1) is 26.4. The molecular weight excluding hydrogens is 579 g/mol. The molecule has 8 nitrogen and oxygen atoms in total. The molecule has 1 aliphatic heterocycles. The predicted molar refractivity (Wildman–Crippen MR) is 147 cm³/mol. The van der Waals surface area contributed by atoms with Crippen molar-refractivity contribution >= 4 is 38.6 Å². The molecule has 2 aromatic heterocycles. The first-order chi connectivity index (χ1) is 19.5. The Bertz CT molecular complexity index is 1850. The molecule has 3 fully saturated rings. The van der Waals surface area contributed by atoms with E-state index in [9.17, 15) is 26.4 Å². The van der Waals surface area contributed by atoms with Crippen LogP contribution in [0.1, 0.15) is 24.4 Å². The van der Waals surface area contributed by atoms with Crippen molar-refractivity contribution in [3.8, 4) is 11.1 Å². The number of nitrogens with zero attached hydrogens (tertiary/aromatic N) is 4. The maximum atomic E-state index is 13.5. The zero-order valence-electron chi connectivity index (χ0n) is 21.3. The molecule has 3 heterocycles. The molecule has 41 heavy (non-hydrogen) atoms. The maximum Gasteiger partial charge on any atom is 0.416 e. The van der Waals surface area contributed by atoms with Crippen LogP contribution >= 0.6 is 11.6 Å². The molecule has 2 aromatic carbocycles. The minimum Gasteiger partial charge on any atom is -0.351 e. The number of pyridine rings is 1. The molecule has 1 saturated heterocycles. The van der Waals surface area contributed by atoms with Crippen LogP contribution in [0.4, 0.5) is 19.1 Å². The third-order valence-electron chi connectivity index (χ3n) is 8.12. The van der Waals surface area contributed by atoms with Gasteiger partial charge in [-0.1, -0.05) is 29.8 Å². The Morgan fingerprint density at radius 1 is 0.976 bits per heavy atom. The first-order valence-corrected chi connectivity index (χ1v) is 15.0. The molecule has 2 saturated carbocycles. The van der Waals surface area contributed by atoms with Gasteiger partial charge in [-0.3, -0.25) is 9.36 Å². The molecule has 2 unspecified atom stereocenters. The molecule has 0 radical (unpaired) electrons. The number of nitrogens with one attached hydrogen (secondary N) is 1. The molecule has 212 valence electrons. The second-order valence-electron chi connectivity index (χ2n) is 10.8. The van der Waals surface area contributed by atoms with Crippen LogP contribution in [-0.2, 0) is 16.2 Å². The summed E-state index contributed by atoms with van der Waals surface area (Å²) in [6, 6.07) is 12.5. The van der Waals surface area contributed by atoms with Crippen molar-refractivity contribution in [3.05, 3.63) is 81.7 Å². The summed E-state index contributed by atoms with van der Waals surface area (Å²) in [6.45, 7) is 0.487. The second-order valence-corrected chi connectivity index (χ2v) is 13.1. The fraction of sp³-hybridized carbons (Fsp3) is 0.321. The maximum absolute atomic E-state index is 13.5. The first-order valence-electron chi connectivity index (χ1n) is 13.1. The standard InChI is InChI=1S/C28H23ClF3N5O3S/c29-23-4-2-1-3-19(23)20-11-15-12-33-27(35-25(15)37(26(20)38)17-7-8-17)34-24-21-13-36(14-22(21)24)41(39,40)18-9-5-16(6-10-18)28(30,31)32/h1-6,9-12,17,21-22,24H,7-8,13-14H2,(H,33,34,35). The van der Waals surface area contributed by atoms with Crippen molar-refractivity contribution in [1.29, 1.82) is 0 Å². The van der Waals surface area contributed by atoms with Crippen LogP contribution in [0.3, 0.4) is 0 Å². The Morgan fingerprint density at radius 2 is 1.66 bits per heavy atom. The number of piperidine rings is 1. The minimum absolute atomic E-state index is 0.0201. The molecule has 0 amide bonds. The number of rotatable bonds is 6. The number of hydrogen-bond donors (Lipinski definition) is 1. The zero-order valence-corrected chi connectivity index (χ0v) is 22.9. The van der Waals surface area contributed by atoms with Gasteiger partial charge in [-0.15, -0.1) is 0 Å². The topological polar surface area (TPSA) is 97.2 Å². The van der Waals surface area contributed by atoms with Gasteiger partial charge >= 0.3 is 6.18 Å². The number of anilines is 1. The average molecular weight is 602 g/mol. The van der Waals surface area contributed by atoms with E-state index in [0.29, 0.717) is 33.1 Å². The van der Waals surface area contributed by atoms with Gasteiger partial charge in [0, 0.05) is 52.9 Å². The van der Waals surface area contributed by atoms with Crippen LogP contribution in [0, 0.1) is 11.8 Å².